The van der Waals surface area contributed by atoms with E-state index in [1.807, 2.05) is 0 Å². The quantitative estimate of drug-likeness (QED) is 0.166. The third-order valence-electron chi connectivity index (χ3n) is 12.7. The monoisotopic (exact) mass is 712 g/mol. The molecule has 0 N–H and O–H groups in total. The molecule has 0 fully saturated rings. The van der Waals surface area contributed by atoms with E-state index in [4.69, 9.17) is 4.42 Å². The lowest BCUT2D eigenvalue weighted by Crippen LogP contribution is -2.15. The molecular weight excluding hydrogens is 677 g/mol. The molecular formula is C55H36O. The molecule has 0 spiro atoms. The summed E-state index contributed by atoms with van der Waals surface area (Å²) < 4.78 is 6.55. The fourth-order valence-corrected chi connectivity index (χ4v) is 10.0. The minimum atomic E-state index is -0.190. The van der Waals surface area contributed by atoms with Gasteiger partial charge in [0.2, 0.25) is 0 Å². The van der Waals surface area contributed by atoms with E-state index in [-0.39, 0.29) is 5.41 Å². The van der Waals surface area contributed by atoms with Crippen LogP contribution in [0.15, 0.2) is 186 Å². The molecule has 1 nitrogen and oxygen atoms in total. The highest BCUT2D eigenvalue weighted by atomic mass is 16.3. The van der Waals surface area contributed by atoms with Crippen molar-refractivity contribution in [2.24, 2.45) is 0 Å². The third kappa shape index (κ3) is 4.31. The average Bonchev–Trinajstić information content (AvgIpc) is 3.73. The Hall–Kier alpha value is -6.96. The number of rotatable bonds is 3. The van der Waals surface area contributed by atoms with E-state index < -0.39 is 0 Å². The van der Waals surface area contributed by atoms with Crippen molar-refractivity contribution in [3.05, 3.63) is 193 Å². The molecule has 0 bridgehead atoms. The van der Waals surface area contributed by atoms with Gasteiger partial charge in [-0.3, -0.25) is 0 Å². The zero-order valence-electron chi connectivity index (χ0n) is 31.2. The second-order valence-electron chi connectivity index (χ2n) is 16.0. The van der Waals surface area contributed by atoms with Crippen molar-refractivity contribution in [1.29, 1.82) is 0 Å². The van der Waals surface area contributed by atoms with Gasteiger partial charge in [0.05, 0.1) is 0 Å². The van der Waals surface area contributed by atoms with Gasteiger partial charge in [0.25, 0.3) is 0 Å². The van der Waals surface area contributed by atoms with Crippen molar-refractivity contribution in [2.75, 3.05) is 0 Å². The Morgan fingerprint density at radius 2 is 0.893 bits per heavy atom. The molecule has 262 valence electrons. The maximum Gasteiger partial charge on any atom is 0.136 e. The summed E-state index contributed by atoms with van der Waals surface area (Å²) in [4.78, 5) is 0. The minimum Gasteiger partial charge on any atom is -0.456 e. The highest BCUT2D eigenvalue weighted by molar-refractivity contribution is 6.24. The second-order valence-corrected chi connectivity index (χ2v) is 16.0. The normalized spacial score (nSPS) is 13.3. The van der Waals surface area contributed by atoms with Gasteiger partial charge in [-0.15, -0.1) is 0 Å². The van der Waals surface area contributed by atoms with Crippen LogP contribution in [0, 0.1) is 0 Å². The number of benzene rings is 10. The zero-order valence-corrected chi connectivity index (χ0v) is 31.2. The minimum absolute atomic E-state index is 0.190. The largest absolute Gasteiger partial charge is 0.456 e. The first-order chi connectivity index (χ1) is 27.5. The molecule has 1 heteroatoms. The van der Waals surface area contributed by atoms with Gasteiger partial charge in [0.1, 0.15) is 11.2 Å². The van der Waals surface area contributed by atoms with Crippen LogP contribution < -0.4 is 0 Å². The summed E-state index contributed by atoms with van der Waals surface area (Å²) in [6, 6.07) is 67.1. The van der Waals surface area contributed by atoms with Crippen LogP contribution in [-0.2, 0) is 5.41 Å². The molecule has 0 radical (unpaired) electrons. The molecule has 1 heterocycles. The van der Waals surface area contributed by atoms with Gasteiger partial charge < -0.3 is 4.42 Å². The van der Waals surface area contributed by atoms with E-state index in [9.17, 15) is 0 Å². The summed E-state index contributed by atoms with van der Waals surface area (Å²) in [7, 11) is 0. The Morgan fingerprint density at radius 1 is 0.339 bits per heavy atom. The summed E-state index contributed by atoms with van der Waals surface area (Å²) >= 11 is 0. The molecule has 0 atom stereocenters. The Labute approximate surface area is 325 Å². The first kappa shape index (κ1) is 31.4. The zero-order chi connectivity index (χ0) is 37.1. The predicted molar refractivity (Wildman–Crippen MR) is 238 cm³/mol. The Morgan fingerprint density at radius 3 is 1.61 bits per heavy atom. The van der Waals surface area contributed by atoms with Gasteiger partial charge in [-0.25, -0.2) is 0 Å². The molecule has 1 aliphatic rings. The first-order valence-corrected chi connectivity index (χ1v) is 19.6. The number of fused-ring (bicyclic) bond motifs is 11. The van der Waals surface area contributed by atoms with Crippen molar-refractivity contribution in [1.82, 2.24) is 0 Å². The number of furan rings is 1. The van der Waals surface area contributed by atoms with Gasteiger partial charge in [0.15, 0.2) is 0 Å². The molecule has 1 aromatic heterocycles. The smallest absolute Gasteiger partial charge is 0.136 e. The molecule has 10 aromatic carbocycles. The van der Waals surface area contributed by atoms with Crippen LogP contribution in [0.4, 0.5) is 0 Å². The van der Waals surface area contributed by atoms with Crippen molar-refractivity contribution in [3.63, 3.8) is 0 Å². The average molecular weight is 713 g/mol. The molecule has 56 heavy (non-hydrogen) atoms. The molecule has 0 saturated carbocycles. The standard InChI is InChI=1S/C55H36O/c1-55(2)48-30-35(24-26-40(48)46-31-47-51(32-49(46)55)56-50-29-25-33-14-6-7-17-37(33)54(47)50)36-27-28-45(39-19-9-8-18-38(36)39)53-43-22-12-10-20-41(43)52(34-15-4-3-5-16-34)42-21-11-13-23-44(42)53/h3-32H,1-2H3. The van der Waals surface area contributed by atoms with Gasteiger partial charge in [-0.1, -0.05) is 172 Å². The lowest BCUT2D eigenvalue weighted by atomic mass is 9.80. The van der Waals surface area contributed by atoms with Crippen LogP contribution in [0.25, 0.3) is 110 Å². The fourth-order valence-electron chi connectivity index (χ4n) is 10.0. The Balaban J connectivity index is 1.05. The molecule has 0 amide bonds. The second kappa shape index (κ2) is 11.5. The van der Waals surface area contributed by atoms with Gasteiger partial charge in [-0.2, -0.15) is 0 Å². The van der Waals surface area contributed by atoms with Crippen LogP contribution in [0.2, 0.25) is 0 Å². The lowest BCUT2D eigenvalue weighted by Gasteiger charge is -2.22. The predicted octanol–water partition coefficient (Wildman–Crippen LogP) is 15.5. The summed E-state index contributed by atoms with van der Waals surface area (Å²) in [5, 5.41) is 12.5. The SMILES string of the molecule is CC1(C)c2cc(-c3ccc(-c4c5ccccc5c(-c5ccccc5)c5ccccc45)c4ccccc34)ccc2-c2cc3c(cc21)oc1ccc2ccccc2c13. The topological polar surface area (TPSA) is 13.1 Å². The van der Waals surface area contributed by atoms with Crippen molar-refractivity contribution >= 4 is 65.0 Å². The lowest BCUT2D eigenvalue weighted by molar-refractivity contribution is 0.647. The van der Waals surface area contributed by atoms with E-state index in [1.54, 1.807) is 0 Å². The van der Waals surface area contributed by atoms with E-state index in [0.29, 0.717) is 0 Å². The van der Waals surface area contributed by atoms with Gasteiger partial charge in [-0.05, 0) is 123 Å². The maximum atomic E-state index is 6.55. The van der Waals surface area contributed by atoms with Crippen LogP contribution in [0.1, 0.15) is 25.0 Å². The van der Waals surface area contributed by atoms with Crippen LogP contribution in [0.3, 0.4) is 0 Å². The highest BCUT2D eigenvalue weighted by Crippen LogP contribution is 2.53. The molecule has 0 unspecified atom stereocenters. The van der Waals surface area contributed by atoms with Crippen molar-refractivity contribution in [2.45, 2.75) is 19.3 Å². The summed E-state index contributed by atoms with van der Waals surface area (Å²) in [6.07, 6.45) is 0. The molecule has 0 saturated heterocycles. The Bertz CT molecular complexity index is 3380. The molecule has 0 aliphatic heterocycles. The highest BCUT2D eigenvalue weighted by Gasteiger charge is 2.37. The van der Waals surface area contributed by atoms with Crippen molar-refractivity contribution < 1.29 is 4.42 Å². The maximum absolute atomic E-state index is 6.55. The number of hydrogen-bond acceptors (Lipinski definition) is 1. The van der Waals surface area contributed by atoms with E-state index in [2.05, 4.69) is 196 Å². The number of hydrogen-bond donors (Lipinski definition) is 0. The van der Waals surface area contributed by atoms with Gasteiger partial charge in [0, 0.05) is 16.2 Å². The van der Waals surface area contributed by atoms with Crippen LogP contribution in [0.5, 0.6) is 0 Å². The van der Waals surface area contributed by atoms with Crippen LogP contribution in [-0.4, -0.2) is 0 Å². The van der Waals surface area contributed by atoms with E-state index >= 15 is 0 Å². The fraction of sp³-hybridized carbons (Fsp3) is 0.0545. The van der Waals surface area contributed by atoms with Gasteiger partial charge >= 0.3 is 0 Å². The Kier molecular flexibility index (Phi) is 6.46. The summed E-state index contributed by atoms with van der Waals surface area (Å²) in [6.45, 7) is 4.73. The molecule has 11 aromatic rings. The molecule has 1 aliphatic carbocycles. The third-order valence-corrected chi connectivity index (χ3v) is 12.7. The summed E-state index contributed by atoms with van der Waals surface area (Å²) in [5.74, 6) is 0. The van der Waals surface area contributed by atoms with E-state index in [1.165, 1.54) is 109 Å². The first-order valence-electron chi connectivity index (χ1n) is 19.6. The molecule has 12 rings (SSSR count). The van der Waals surface area contributed by atoms with E-state index in [0.717, 1.165) is 11.2 Å². The summed E-state index contributed by atoms with van der Waals surface area (Å²) in [5.41, 5.74) is 14.6. The van der Waals surface area contributed by atoms with Crippen LogP contribution >= 0.6 is 0 Å². The van der Waals surface area contributed by atoms with Crippen molar-refractivity contribution in [3.8, 4) is 44.5 Å².